The number of rotatable bonds is 8. The number of sulfone groups is 1. The van der Waals surface area contributed by atoms with Crippen LogP contribution < -0.4 is 0 Å². The van der Waals surface area contributed by atoms with Crippen molar-refractivity contribution in [3.05, 3.63) is 0 Å². The van der Waals surface area contributed by atoms with Gasteiger partial charge < -0.3 is 0 Å². The molecule has 0 N–H and O–H groups in total. The molecule has 0 aliphatic rings. The summed E-state index contributed by atoms with van der Waals surface area (Å²) in [6.45, 7) is 9.71. The maximum absolute atomic E-state index is 12.2. The second-order valence-corrected chi connectivity index (χ2v) is 9.70. The van der Waals surface area contributed by atoms with Gasteiger partial charge in [-0.25, -0.2) is 8.42 Å². The van der Waals surface area contributed by atoms with Gasteiger partial charge in [0, 0.05) is 5.33 Å². The first-order chi connectivity index (χ1) is 8.14. The molecule has 2 nitrogen and oxygen atoms in total. The summed E-state index contributed by atoms with van der Waals surface area (Å²) in [6, 6.07) is 0. The minimum absolute atomic E-state index is 0.147. The molecule has 110 valence electrons. The van der Waals surface area contributed by atoms with Gasteiger partial charge in [0.15, 0.2) is 9.84 Å². The molecule has 0 aromatic carbocycles. The van der Waals surface area contributed by atoms with E-state index in [-0.39, 0.29) is 5.41 Å². The average molecular weight is 341 g/mol. The van der Waals surface area contributed by atoms with Crippen molar-refractivity contribution in [2.24, 2.45) is 5.41 Å². The van der Waals surface area contributed by atoms with Gasteiger partial charge in [-0.1, -0.05) is 42.6 Å². The maximum Gasteiger partial charge on any atom is 0.155 e. The Morgan fingerprint density at radius 2 is 1.61 bits per heavy atom. The lowest BCUT2D eigenvalue weighted by molar-refractivity contribution is 0.275. The third-order valence-corrected chi connectivity index (χ3v) is 7.73. The van der Waals surface area contributed by atoms with Crippen molar-refractivity contribution in [1.29, 1.82) is 0 Å². The number of hydrogen-bond donors (Lipinski definition) is 0. The minimum atomic E-state index is -3.00. The molecule has 0 aromatic heterocycles. The number of hydrogen-bond acceptors (Lipinski definition) is 2. The minimum Gasteiger partial charge on any atom is -0.228 e. The Balaban J connectivity index is 4.73. The fourth-order valence-corrected chi connectivity index (χ4v) is 4.19. The predicted molar refractivity (Wildman–Crippen MR) is 84.2 cm³/mol. The molecule has 0 aromatic rings. The van der Waals surface area contributed by atoms with Gasteiger partial charge in [-0.2, -0.15) is 0 Å². The molecule has 0 saturated heterocycles. The second-order valence-electron chi connectivity index (χ2n) is 6.27. The molecule has 0 saturated carbocycles. The van der Waals surface area contributed by atoms with Crippen LogP contribution in [0, 0.1) is 5.41 Å². The number of alkyl halides is 1. The molecule has 0 amide bonds. The molecule has 0 heterocycles. The zero-order chi connectivity index (χ0) is 14.4. The molecular weight excluding hydrogens is 312 g/mol. The molecule has 0 spiro atoms. The van der Waals surface area contributed by atoms with Gasteiger partial charge in [0.1, 0.15) is 0 Å². The molecule has 1 unspecified atom stereocenters. The van der Waals surface area contributed by atoms with Crippen molar-refractivity contribution in [3.8, 4) is 0 Å². The first-order valence-corrected chi connectivity index (χ1v) is 9.70. The van der Waals surface area contributed by atoms with Crippen molar-refractivity contribution < 1.29 is 8.42 Å². The standard InChI is InChI=1S/C14H29BrO2S/c1-6-8-9-14(7-2,12-15)10-11-18(16,17)13(3,4)5/h6-12H2,1-5H3. The zero-order valence-electron chi connectivity index (χ0n) is 12.6. The van der Waals surface area contributed by atoms with E-state index in [1.54, 1.807) is 20.8 Å². The molecule has 0 fully saturated rings. The molecule has 0 aliphatic carbocycles. The summed E-state index contributed by atoms with van der Waals surface area (Å²) >= 11 is 3.59. The molecule has 0 rings (SSSR count). The third kappa shape index (κ3) is 5.20. The van der Waals surface area contributed by atoms with Crippen LogP contribution in [0.3, 0.4) is 0 Å². The van der Waals surface area contributed by atoms with Crippen molar-refractivity contribution in [2.75, 3.05) is 11.1 Å². The SMILES string of the molecule is CCCCC(CC)(CBr)CCS(=O)(=O)C(C)(C)C. The fourth-order valence-electron chi connectivity index (χ4n) is 1.92. The topological polar surface area (TPSA) is 34.1 Å². The number of unbranched alkanes of at least 4 members (excludes halogenated alkanes) is 1. The quantitative estimate of drug-likeness (QED) is 0.606. The zero-order valence-corrected chi connectivity index (χ0v) is 15.0. The molecule has 4 heteroatoms. The van der Waals surface area contributed by atoms with Crippen LogP contribution in [0.5, 0.6) is 0 Å². The highest BCUT2D eigenvalue weighted by Gasteiger charge is 2.33. The Morgan fingerprint density at radius 1 is 1.06 bits per heavy atom. The molecule has 0 radical (unpaired) electrons. The lowest BCUT2D eigenvalue weighted by Gasteiger charge is -2.32. The highest BCUT2D eigenvalue weighted by Crippen LogP contribution is 2.36. The molecular formula is C14H29BrO2S. The van der Waals surface area contributed by atoms with Crippen LogP contribution in [-0.2, 0) is 9.84 Å². The Labute approximate surface area is 122 Å². The van der Waals surface area contributed by atoms with Gasteiger partial charge in [-0.15, -0.1) is 0 Å². The van der Waals surface area contributed by atoms with Gasteiger partial charge in [0.25, 0.3) is 0 Å². The van der Waals surface area contributed by atoms with E-state index in [1.165, 1.54) is 12.8 Å². The van der Waals surface area contributed by atoms with Crippen molar-refractivity contribution >= 4 is 25.8 Å². The Bertz CT molecular complexity index is 324. The average Bonchev–Trinajstić information content (AvgIpc) is 2.29. The highest BCUT2D eigenvalue weighted by molar-refractivity contribution is 9.09. The summed E-state index contributed by atoms with van der Waals surface area (Å²) in [7, 11) is -3.00. The van der Waals surface area contributed by atoms with Gasteiger partial charge >= 0.3 is 0 Å². The number of halogens is 1. The summed E-state index contributed by atoms with van der Waals surface area (Å²) in [5, 5.41) is 0.899. The second kappa shape index (κ2) is 7.28. The maximum atomic E-state index is 12.2. The van der Waals surface area contributed by atoms with Gasteiger partial charge in [0.2, 0.25) is 0 Å². The molecule has 0 aliphatic heterocycles. The first kappa shape index (κ1) is 18.4. The van der Waals surface area contributed by atoms with Crippen LogP contribution in [0.15, 0.2) is 0 Å². The normalized spacial score (nSPS) is 16.6. The summed E-state index contributed by atoms with van der Waals surface area (Å²) in [5.74, 6) is 0.305. The van der Waals surface area contributed by atoms with Crippen LogP contribution in [0.2, 0.25) is 0 Å². The van der Waals surface area contributed by atoms with Crippen molar-refractivity contribution in [1.82, 2.24) is 0 Å². The Kier molecular flexibility index (Phi) is 7.45. The first-order valence-electron chi connectivity index (χ1n) is 6.92. The summed E-state index contributed by atoms with van der Waals surface area (Å²) < 4.78 is 23.7. The Hall–Kier alpha value is 0.430. The van der Waals surface area contributed by atoms with E-state index in [1.807, 2.05) is 0 Å². The molecule has 0 bridgehead atoms. The van der Waals surface area contributed by atoms with Crippen LogP contribution in [-0.4, -0.2) is 24.2 Å². The predicted octanol–water partition coefficient (Wildman–Crippen LogP) is 4.57. The van der Waals surface area contributed by atoms with E-state index >= 15 is 0 Å². The fraction of sp³-hybridized carbons (Fsp3) is 1.00. The highest BCUT2D eigenvalue weighted by atomic mass is 79.9. The van der Waals surface area contributed by atoms with Crippen molar-refractivity contribution in [2.45, 2.75) is 71.5 Å². The van der Waals surface area contributed by atoms with Gasteiger partial charge in [-0.3, -0.25) is 0 Å². The van der Waals surface area contributed by atoms with Crippen LogP contribution in [0.25, 0.3) is 0 Å². The lowest BCUT2D eigenvalue weighted by Crippen LogP contribution is -2.34. The van der Waals surface area contributed by atoms with Crippen LogP contribution in [0.4, 0.5) is 0 Å². The van der Waals surface area contributed by atoms with Crippen LogP contribution >= 0.6 is 15.9 Å². The smallest absolute Gasteiger partial charge is 0.155 e. The van der Waals surface area contributed by atoms with E-state index in [2.05, 4.69) is 29.8 Å². The summed E-state index contributed by atoms with van der Waals surface area (Å²) in [5.41, 5.74) is 0.147. The van der Waals surface area contributed by atoms with Crippen molar-refractivity contribution in [3.63, 3.8) is 0 Å². The largest absolute Gasteiger partial charge is 0.228 e. The van der Waals surface area contributed by atoms with Gasteiger partial charge in [-0.05, 0) is 45.4 Å². The Morgan fingerprint density at radius 3 is 1.94 bits per heavy atom. The molecule has 1 atom stereocenters. The van der Waals surface area contributed by atoms with E-state index in [0.29, 0.717) is 5.75 Å². The molecule has 18 heavy (non-hydrogen) atoms. The summed E-state index contributed by atoms with van der Waals surface area (Å²) in [6.07, 6.45) is 5.27. The van der Waals surface area contributed by atoms with E-state index < -0.39 is 14.6 Å². The summed E-state index contributed by atoms with van der Waals surface area (Å²) in [4.78, 5) is 0. The van der Waals surface area contributed by atoms with E-state index in [9.17, 15) is 8.42 Å². The van der Waals surface area contributed by atoms with E-state index in [4.69, 9.17) is 0 Å². The van der Waals surface area contributed by atoms with E-state index in [0.717, 1.165) is 24.6 Å². The van der Waals surface area contributed by atoms with Crippen LogP contribution in [0.1, 0.15) is 66.7 Å². The van der Waals surface area contributed by atoms with Gasteiger partial charge in [0.05, 0.1) is 10.5 Å². The third-order valence-electron chi connectivity index (χ3n) is 3.93. The lowest BCUT2D eigenvalue weighted by atomic mass is 9.80. The monoisotopic (exact) mass is 340 g/mol.